The second kappa shape index (κ2) is 9.46. The number of piperidine rings is 1. The summed E-state index contributed by atoms with van der Waals surface area (Å²) in [6, 6.07) is 20.9. The number of amides is 1. The predicted molar refractivity (Wildman–Crippen MR) is 127 cm³/mol. The largest absolute Gasteiger partial charge is 0.530 e. The molecule has 4 aromatic rings. The monoisotopic (exact) mass is 443 g/mol. The minimum absolute atomic E-state index is 0.315. The Hall–Kier alpha value is -3.65. The number of anilines is 1. The van der Waals surface area contributed by atoms with Gasteiger partial charge in [0, 0.05) is 37.6 Å². The van der Waals surface area contributed by atoms with Crippen LogP contribution in [0.2, 0.25) is 0 Å². The molecule has 2 aromatic carbocycles. The van der Waals surface area contributed by atoms with Crippen LogP contribution in [0.3, 0.4) is 0 Å². The molecule has 1 saturated heterocycles. The molecule has 170 valence electrons. The standard InChI is InChI=1S/C25H28N6O2/c32-25(33)26-13-16-30-14-11-19(12-15-30)28-24-29-22-7-3-4-8-23(22)31(24)17-20-10-9-18-5-1-2-6-21(18)27-20/h1-10,19,26H,11-17H2,(H,28,29)(H,32,33)/p-1. The molecule has 0 aliphatic carbocycles. The molecule has 2 aromatic heterocycles. The van der Waals surface area contributed by atoms with Crippen LogP contribution in [0, 0.1) is 0 Å². The van der Waals surface area contributed by atoms with Crippen LogP contribution in [-0.4, -0.2) is 57.7 Å². The van der Waals surface area contributed by atoms with Gasteiger partial charge in [-0.2, -0.15) is 0 Å². The third-order valence-corrected chi connectivity index (χ3v) is 6.25. The lowest BCUT2D eigenvalue weighted by molar-refractivity contribution is -0.250. The van der Waals surface area contributed by atoms with Gasteiger partial charge in [0.2, 0.25) is 5.95 Å². The van der Waals surface area contributed by atoms with E-state index in [4.69, 9.17) is 9.97 Å². The van der Waals surface area contributed by atoms with Gasteiger partial charge in [-0.1, -0.05) is 36.4 Å². The van der Waals surface area contributed by atoms with Crippen LogP contribution in [0.15, 0.2) is 60.7 Å². The number of aromatic nitrogens is 3. The van der Waals surface area contributed by atoms with Crippen molar-refractivity contribution in [2.75, 3.05) is 31.5 Å². The summed E-state index contributed by atoms with van der Waals surface area (Å²) in [6.07, 6.45) is 0.734. The van der Waals surface area contributed by atoms with E-state index in [1.165, 1.54) is 0 Å². The van der Waals surface area contributed by atoms with E-state index >= 15 is 0 Å². The fourth-order valence-electron chi connectivity index (χ4n) is 4.50. The highest BCUT2D eigenvalue weighted by Crippen LogP contribution is 2.24. The van der Waals surface area contributed by atoms with Crippen molar-refractivity contribution in [1.82, 2.24) is 24.8 Å². The van der Waals surface area contributed by atoms with Gasteiger partial charge in [-0.05, 0) is 37.1 Å². The lowest BCUT2D eigenvalue weighted by Crippen LogP contribution is -2.45. The topological polar surface area (TPSA) is 98.1 Å². The first-order valence-corrected chi connectivity index (χ1v) is 11.4. The summed E-state index contributed by atoms with van der Waals surface area (Å²) in [5, 5.41) is 17.7. The van der Waals surface area contributed by atoms with Crippen molar-refractivity contribution in [3.05, 3.63) is 66.4 Å². The number of para-hydroxylation sites is 3. The maximum Gasteiger partial charge on any atom is 0.204 e. The van der Waals surface area contributed by atoms with Crippen LogP contribution in [0.25, 0.3) is 21.9 Å². The Bertz CT molecular complexity index is 1260. The summed E-state index contributed by atoms with van der Waals surface area (Å²) in [4.78, 5) is 22.5. The number of imidazole rings is 1. The van der Waals surface area contributed by atoms with Crippen molar-refractivity contribution in [2.45, 2.75) is 25.4 Å². The summed E-state index contributed by atoms with van der Waals surface area (Å²) in [5.74, 6) is 0.864. The number of nitrogens with zero attached hydrogens (tertiary/aromatic N) is 4. The Morgan fingerprint density at radius 1 is 0.970 bits per heavy atom. The summed E-state index contributed by atoms with van der Waals surface area (Å²) >= 11 is 0. The van der Waals surface area contributed by atoms with Gasteiger partial charge in [-0.25, -0.2) is 4.98 Å². The van der Waals surface area contributed by atoms with E-state index in [-0.39, 0.29) is 0 Å². The summed E-state index contributed by atoms with van der Waals surface area (Å²) in [7, 11) is 0. The lowest BCUT2D eigenvalue weighted by atomic mass is 10.1. The second-order valence-electron chi connectivity index (χ2n) is 8.48. The number of carboxylic acid groups (broad SMARTS) is 1. The Kier molecular flexibility index (Phi) is 6.08. The van der Waals surface area contributed by atoms with Crippen LogP contribution in [0.1, 0.15) is 18.5 Å². The zero-order valence-corrected chi connectivity index (χ0v) is 18.4. The van der Waals surface area contributed by atoms with Gasteiger partial charge in [-0.3, -0.25) is 4.98 Å². The van der Waals surface area contributed by atoms with E-state index in [0.717, 1.165) is 59.5 Å². The maximum atomic E-state index is 10.5. The highest BCUT2D eigenvalue weighted by Gasteiger charge is 2.21. The smallest absolute Gasteiger partial charge is 0.204 e. The molecular formula is C25H27N6O2-. The van der Waals surface area contributed by atoms with Gasteiger partial charge in [0.15, 0.2) is 0 Å². The van der Waals surface area contributed by atoms with Gasteiger partial charge in [0.25, 0.3) is 0 Å². The zero-order chi connectivity index (χ0) is 22.6. The third-order valence-electron chi connectivity index (χ3n) is 6.25. The van der Waals surface area contributed by atoms with Crippen LogP contribution >= 0.6 is 0 Å². The average Bonchev–Trinajstić information content (AvgIpc) is 3.17. The maximum absolute atomic E-state index is 10.5. The fraction of sp³-hybridized carbons (Fsp3) is 0.320. The van der Waals surface area contributed by atoms with E-state index in [9.17, 15) is 9.90 Å². The molecule has 8 nitrogen and oxygen atoms in total. The van der Waals surface area contributed by atoms with E-state index in [1.54, 1.807) is 0 Å². The molecule has 5 rings (SSSR count). The normalized spacial score (nSPS) is 15.2. The number of hydrogen-bond donors (Lipinski definition) is 2. The molecular weight excluding hydrogens is 416 g/mol. The average molecular weight is 444 g/mol. The lowest BCUT2D eigenvalue weighted by Gasteiger charge is -2.32. The quantitative estimate of drug-likeness (QED) is 0.455. The van der Waals surface area contributed by atoms with Gasteiger partial charge >= 0.3 is 0 Å². The zero-order valence-electron chi connectivity index (χ0n) is 18.4. The van der Waals surface area contributed by atoms with Gasteiger partial charge in [0.05, 0.1) is 28.8 Å². The van der Waals surface area contributed by atoms with E-state index < -0.39 is 6.09 Å². The highest BCUT2D eigenvalue weighted by atomic mass is 16.4. The van der Waals surface area contributed by atoms with Crippen molar-refractivity contribution in [3.8, 4) is 0 Å². The number of hydrogen-bond acceptors (Lipinski definition) is 6. The molecule has 1 aliphatic rings. The van der Waals surface area contributed by atoms with Gasteiger partial charge in [0.1, 0.15) is 6.09 Å². The van der Waals surface area contributed by atoms with Crippen LogP contribution in [0.5, 0.6) is 0 Å². The van der Waals surface area contributed by atoms with Crippen molar-refractivity contribution < 1.29 is 9.90 Å². The van der Waals surface area contributed by atoms with Crippen LogP contribution in [-0.2, 0) is 6.54 Å². The Labute approximate surface area is 192 Å². The van der Waals surface area contributed by atoms with Crippen molar-refractivity contribution in [3.63, 3.8) is 0 Å². The predicted octanol–water partition coefficient (Wildman–Crippen LogP) is 2.44. The molecule has 1 amide bonds. The number of fused-ring (bicyclic) bond motifs is 2. The van der Waals surface area contributed by atoms with Crippen molar-refractivity contribution >= 4 is 34.0 Å². The SMILES string of the molecule is O=C([O-])NCCN1CCC(Nc2nc3ccccc3n2Cc2ccc3ccccc3n2)CC1. The number of pyridine rings is 1. The number of benzene rings is 2. The summed E-state index contributed by atoms with van der Waals surface area (Å²) < 4.78 is 2.21. The summed E-state index contributed by atoms with van der Waals surface area (Å²) in [6.45, 7) is 3.57. The number of rotatable bonds is 7. The molecule has 33 heavy (non-hydrogen) atoms. The first kappa shape index (κ1) is 21.2. The molecule has 0 saturated carbocycles. The van der Waals surface area contributed by atoms with Crippen molar-refractivity contribution in [2.24, 2.45) is 0 Å². The number of nitrogens with one attached hydrogen (secondary N) is 2. The third kappa shape index (κ3) is 4.90. The molecule has 0 bridgehead atoms. The molecule has 0 unspecified atom stereocenters. The van der Waals surface area contributed by atoms with Crippen LogP contribution in [0.4, 0.5) is 10.7 Å². The fourth-order valence-corrected chi connectivity index (χ4v) is 4.50. The minimum Gasteiger partial charge on any atom is -0.530 e. The molecule has 1 fully saturated rings. The molecule has 0 spiro atoms. The van der Waals surface area contributed by atoms with E-state index in [0.29, 0.717) is 25.7 Å². The van der Waals surface area contributed by atoms with Crippen LogP contribution < -0.4 is 15.7 Å². The number of carbonyl (C=O) groups excluding carboxylic acids is 1. The Morgan fingerprint density at radius 3 is 2.55 bits per heavy atom. The Morgan fingerprint density at radius 2 is 1.73 bits per heavy atom. The molecule has 0 atom stereocenters. The van der Waals surface area contributed by atoms with E-state index in [1.807, 2.05) is 36.4 Å². The first-order chi connectivity index (χ1) is 16.2. The molecule has 0 radical (unpaired) electrons. The summed E-state index contributed by atoms with van der Waals surface area (Å²) in [5.41, 5.74) is 4.04. The number of carbonyl (C=O) groups is 1. The van der Waals surface area contributed by atoms with E-state index in [2.05, 4.69) is 44.4 Å². The molecule has 3 heterocycles. The Balaban J connectivity index is 1.31. The first-order valence-electron chi connectivity index (χ1n) is 11.4. The van der Waals surface area contributed by atoms with Crippen molar-refractivity contribution in [1.29, 1.82) is 0 Å². The molecule has 1 aliphatic heterocycles. The van der Waals surface area contributed by atoms with Gasteiger partial charge < -0.3 is 30.0 Å². The second-order valence-corrected chi connectivity index (χ2v) is 8.48. The van der Waals surface area contributed by atoms with Gasteiger partial charge in [-0.15, -0.1) is 0 Å². The minimum atomic E-state index is -1.22. The number of likely N-dealkylation sites (tertiary alicyclic amines) is 1. The highest BCUT2D eigenvalue weighted by molar-refractivity contribution is 5.80. The molecule has 2 N–H and O–H groups in total. The molecule has 8 heteroatoms.